The lowest BCUT2D eigenvalue weighted by atomic mass is 10.3. The molecule has 118 valence electrons. The van der Waals surface area contributed by atoms with Crippen molar-refractivity contribution < 1.29 is 21.6 Å². The summed E-state index contributed by atoms with van der Waals surface area (Å²) in [6.45, 7) is 0. The van der Waals surface area contributed by atoms with Crippen molar-refractivity contribution in [2.75, 3.05) is 7.11 Å². The van der Waals surface area contributed by atoms with Crippen molar-refractivity contribution in [1.29, 1.82) is 0 Å². The van der Waals surface area contributed by atoms with E-state index in [1.54, 1.807) is 7.11 Å². The van der Waals surface area contributed by atoms with Crippen molar-refractivity contribution in [2.45, 2.75) is 41.2 Å². The van der Waals surface area contributed by atoms with Crippen LogP contribution in [-0.2, 0) is 23.8 Å². The summed E-state index contributed by atoms with van der Waals surface area (Å²) in [6.07, 6.45) is 2.13. The SMILES string of the molecule is COC1CCC(NS(=O)(=O)c2cccc(S(=O)(=O)Cl)c2)C1. The zero-order chi connectivity index (χ0) is 15.7. The number of ether oxygens (including phenoxy) is 1. The first-order valence-corrected chi connectivity index (χ1v) is 10.1. The number of hydrogen-bond acceptors (Lipinski definition) is 5. The minimum Gasteiger partial charge on any atom is -0.381 e. The summed E-state index contributed by atoms with van der Waals surface area (Å²) in [7, 11) is -0.929. The highest BCUT2D eigenvalue weighted by molar-refractivity contribution is 8.13. The lowest BCUT2D eigenvalue weighted by Crippen LogP contribution is -2.33. The van der Waals surface area contributed by atoms with Crippen molar-refractivity contribution in [2.24, 2.45) is 0 Å². The summed E-state index contributed by atoms with van der Waals surface area (Å²) in [5.41, 5.74) is 0. The Morgan fingerprint density at radius 1 is 1.19 bits per heavy atom. The van der Waals surface area contributed by atoms with E-state index in [2.05, 4.69) is 4.72 Å². The van der Waals surface area contributed by atoms with Crippen molar-refractivity contribution in [1.82, 2.24) is 4.72 Å². The maximum Gasteiger partial charge on any atom is 0.261 e. The fraction of sp³-hybridized carbons (Fsp3) is 0.500. The molecular formula is C12H16ClNO5S2. The molecule has 0 aliphatic heterocycles. The van der Waals surface area contributed by atoms with Crippen LogP contribution in [0.4, 0.5) is 0 Å². The standard InChI is InChI=1S/C12H16ClNO5S2/c1-19-10-6-5-9(7-10)14-21(17,18)12-4-2-3-11(8-12)20(13,15)16/h2-4,8-10,14H,5-7H2,1H3. The average Bonchev–Trinajstić information content (AvgIpc) is 2.85. The Bertz CT molecular complexity index is 717. The topological polar surface area (TPSA) is 89.5 Å². The Balaban J connectivity index is 2.21. The van der Waals surface area contributed by atoms with Crippen LogP contribution in [0.25, 0.3) is 0 Å². The highest BCUT2D eigenvalue weighted by atomic mass is 35.7. The largest absolute Gasteiger partial charge is 0.381 e. The fourth-order valence-electron chi connectivity index (χ4n) is 2.34. The van der Waals surface area contributed by atoms with Gasteiger partial charge in [-0.3, -0.25) is 0 Å². The van der Waals surface area contributed by atoms with E-state index in [9.17, 15) is 16.8 Å². The molecule has 1 aromatic rings. The van der Waals surface area contributed by atoms with E-state index in [1.165, 1.54) is 18.2 Å². The molecule has 1 saturated carbocycles. The summed E-state index contributed by atoms with van der Waals surface area (Å²) in [6, 6.07) is 4.76. The average molecular weight is 354 g/mol. The van der Waals surface area contributed by atoms with Crippen LogP contribution in [0.5, 0.6) is 0 Å². The smallest absolute Gasteiger partial charge is 0.261 e. The minimum absolute atomic E-state index is 0.0484. The Morgan fingerprint density at radius 2 is 1.86 bits per heavy atom. The van der Waals surface area contributed by atoms with E-state index in [0.717, 1.165) is 12.5 Å². The number of rotatable bonds is 5. The molecule has 0 aromatic heterocycles. The Hall–Kier alpha value is -0.670. The first kappa shape index (κ1) is 16.7. The van der Waals surface area contributed by atoms with Gasteiger partial charge in [-0.1, -0.05) is 6.07 Å². The van der Waals surface area contributed by atoms with E-state index in [1.807, 2.05) is 0 Å². The third kappa shape index (κ3) is 4.17. The molecular weight excluding hydrogens is 338 g/mol. The highest BCUT2D eigenvalue weighted by Gasteiger charge is 2.29. The third-order valence-corrected chi connectivity index (χ3v) is 6.31. The van der Waals surface area contributed by atoms with Gasteiger partial charge in [0.25, 0.3) is 9.05 Å². The Morgan fingerprint density at radius 3 is 2.43 bits per heavy atom. The molecule has 0 spiro atoms. The summed E-state index contributed by atoms with van der Waals surface area (Å²) in [5, 5.41) is 0. The lowest BCUT2D eigenvalue weighted by Gasteiger charge is -2.13. The summed E-state index contributed by atoms with van der Waals surface area (Å²) in [4.78, 5) is -0.363. The molecule has 2 atom stereocenters. The van der Waals surface area contributed by atoms with Gasteiger partial charge in [-0.25, -0.2) is 21.6 Å². The van der Waals surface area contributed by atoms with Gasteiger partial charge in [0.2, 0.25) is 10.0 Å². The second kappa shape index (κ2) is 6.21. The van der Waals surface area contributed by atoms with Crippen LogP contribution in [0, 0.1) is 0 Å². The van der Waals surface area contributed by atoms with Crippen LogP contribution in [0.2, 0.25) is 0 Å². The number of hydrogen-bond donors (Lipinski definition) is 1. The number of methoxy groups -OCH3 is 1. The van der Waals surface area contributed by atoms with E-state index in [0.29, 0.717) is 12.8 Å². The molecule has 0 heterocycles. The Labute approximate surface area is 128 Å². The van der Waals surface area contributed by atoms with Gasteiger partial charge in [0, 0.05) is 23.8 Å². The fourth-order valence-corrected chi connectivity index (χ4v) is 4.54. The van der Waals surface area contributed by atoms with Crippen molar-refractivity contribution in [3.05, 3.63) is 24.3 Å². The van der Waals surface area contributed by atoms with Crippen LogP contribution in [0.1, 0.15) is 19.3 Å². The number of sulfonamides is 1. The maximum absolute atomic E-state index is 12.3. The van der Waals surface area contributed by atoms with Gasteiger partial charge in [0.05, 0.1) is 15.9 Å². The van der Waals surface area contributed by atoms with Gasteiger partial charge < -0.3 is 4.74 Å². The van der Waals surface area contributed by atoms with Gasteiger partial charge in [-0.15, -0.1) is 0 Å². The molecule has 0 bridgehead atoms. The van der Waals surface area contributed by atoms with Crippen LogP contribution in [-0.4, -0.2) is 36.1 Å². The normalized spacial score (nSPS) is 23.3. The molecule has 1 aliphatic carbocycles. The molecule has 1 fully saturated rings. The van der Waals surface area contributed by atoms with Gasteiger partial charge in [0.15, 0.2) is 0 Å². The maximum atomic E-state index is 12.3. The van der Waals surface area contributed by atoms with E-state index >= 15 is 0 Å². The van der Waals surface area contributed by atoms with Crippen LogP contribution < -0.4 is 4.72 Å². The van der Waals surface area contributed by atoms with Crippen LogP contribution in [0.15, 0.2) is 34.1 Å². The van der Waals surface area contributed by atoms with Crippen LogP contribution in [0.3, 0.4) is 0 Å². The quantitative estimate of drug-likeness (QED) is 0.809. The van der Waals surface area contributed by atoms with E-state index in [-0.39, 0.29) is 21.9 Å². The minimum atomic E-state index is -3.97. The highest BCUT2D eigenvalue weighted by Crippen LogP contribution is 2.24. The molecule has 1 aliphatic rings. The summed E-state index contributed by atoms with van der Waals surface area (Å²) in [5.74, 6) is 0. The zero-order valence-corrected chi connectivity index (χ0v) is 13.7. The van der Waals surface area contributed by atoms with Gasteiger partial charge >= 0.3 is 0 Å². The molecule has 9 heteroatoms. The molecule has 21 heavy (non-hydrogen) atoms. The molecule has 0 saturated heterocycles. The number of halogens is 1. The van der Waals surface area contributed by atoms with E-state index in [4.69, 9.17) is 15.4 Å². The molecule has 0 amide bonds. The molecule has 1 aromatic carbocycles. The lowest BCUT2D eigenvalue weighted by molar-refractivity contribution is 0.107. The second-order valence-electron chi connectivity index (χ2n) is 4.90. The second-order valence-corrected chi connectivity index (χ2v) is 9.18. The third-order valence-electron chi connectivity index (χ3n) is 3.44. The van der Waals surface area contributed by atoms with E-state index < -0.39 is 19.1 Å². The molecule has 1 N–H and O–H groups in total. The number of benzene rings is 1. The predicted octanol–water partition coefficient (Wildman–Crippen LogP) is 1.46. The first-order valence-electron chi connectivity index (χ1n) is 6.32. The molecule has 2 unspecified atom stereocenters. The predicted molar refractivity (Wildman–Crippen MR) is 78.2 cm³/mol. The number of nitrogens with one attached hydrogen (secondary N) is 1. The van der Waals surface area contributed by atoms with Crippen molar-refractivity contribution in [3.63, 3.8) is 0 Å². The molecule has 0 radical (unpaired) electrons. The van der Waals surface area contributed by atoms with Gasteiger partial charge in [-0.2, -0.15) is 0 Å². The van der Waals surface area contributed by atoms with Crippen molar-refractivity contribution >= 4 is 29.8 Å². The zero-order valence-electron chi connectivity index (χ0n) is 11.3. The van der Waals surface area contributed by atoms with Gasteiger partial charge in [0.1, 0.15) is 0 Å². The molecule has 2 rings (SSSR count). The first-order chi connectivity index (χ1) is 9.72. The monoisotopic (exact) mass is 353 g/mol. The summed E-state index contributed by atoms with van der Waals surface area (Å²) >= 11 is 0. The van der Waals surface area contributed by atoms with Gasteiger partial charge in [-0.05, 0) is 37.5 Å². The summed E-state index contributed by atoms with van der Waals surface area (Å²) < 4.78 is 54.9. The van der Waals surface area contributed by atoms with Crippen molar-refractivity contribution in [3.8, 4) is 0 Å². The molecule has 6 nitrogen and oxygen atoms in total. The Kier molecular flexibility index (Phi) is 4.94. The van der Waals surface area contributed by atoms with Crippen LogP contribution >= 0.6 is 10.7 Å².